The van der Waals surface area contributed by atoms with Crippen molar-refractivity contribution in [3.05, 3.63) is 43.8 Å². The van der Waals surface area contributed by atoms with Gasteiger partial charge in [0.15, 0.2) is 0 Å². The van der Waals surface area contributed by atoms with E-state index in [4.69, 9.17) is 0 Å². The highest BCUT2D eigenvalue weighted by Gasteiger charge is 2.16. The Bertz CT molecular complexity index is 789. The predicted octanol–water partition coefficient (Wildman–Crippen LogP) is 3.44. The molecule has 2 heterocycles. The Labute approximate surface area is 172 Å². The first-order chi connectivity index (χ1) is 13.6. The third kappa shape index (κ3) is 5.90. The van der Waals surface area contributed by atoms with E-state index in [0.29, 0.717) is 23.4 Å². The van der Waals surface area contributed by atoms with Gasteiger partial charge in [0, 0.05) is 28.8 Å². The smallest absolute Gasteiger partial charge is 0.279 e. The first kappa shape index (κ1) is 20.5. The van der Waals surface area contributed by atoms with Crippen LogP contribution in [0.4, 0.5) is 0 Å². The number of carbonyl (C=O) groups excluding carboxylic acids is 3. The Hall–Kier alpha value is -2.19. The quantitative estimate of drug-likeness (QED) is 0.495. The van der Waals surface area contributed by atoms with Gasteiger partial charge in [-0.3, -0.25) is 25.2 Å². The summed E-state index contributed by atoms with van der Waals surface area (Å²) >= 11 is 3.00. The van der Waals surface area contributed by atoms with Gasteiger partial charge in [0.05, 0.1) is 4.88 Å². The molecule has 0 saturated heterocycles. The molecule has 2 aromatic rings. The Balaban J connectivity index is 1.36. The van der Waals surface area contributed by atoms with Crippen molar-refractivity contribution in [2.75, 3.05) is 6.54 Å². The highest BCUT2D eigenvalue weighted by Crippen LogP contribution is 2.28. The Morgan fingerprint density at radius 1 is 1.00 bits per heavy atom. The van der Waals surface area contributed by atoms with Crippen molar-refractivity contribution in [3.8, 4) is 0 Å². The number of hydrogen-bond acceptors (Lipinski definition) is 5. The van der Waals surface area contributed by atoms with Gasteiger partial charge in [0.2, 0.25) is 5.91 Å². The van der Waals surface area contributed by atoms with Crippen molar-refractivity contribution in [1.82, 2.24) is 16.2 Å². The summed E-state index contributed by atoms with van der Waals surface area (Å²) in [4.78, 5) is 38.0. The zero-order valence-corrected chi connectivity index (χ0v) is 17.3. The summed E-state index contributed by atoms with van der Waals surface area (Å²) in [5.74, 6) is -0.674. The van der Waals surface area contributed by atoms with Gasteiger partial charge < -0.3 is 5.32 Å². The lowest BCUT2D eigenvalue weighted by atomic mass is 10.00. The number of carbonyl (C=O) groups is 3. The maximum atomic E-state index is 12.3. The summed E-state index contributed by atoms with van der Waals surface area (Å²) in [6.07, 6.45) is 7.65. The van der Waals surface area contributed by atoms with Gasteiger partial charge >= 0.3 is 0 Å². The van der Waals surface area contributed by atoms with Crippen LogP contribution in [-0.4, -0.2) is 24.3 Å². The van der Waals surface area contributed by atoms with Gasteiger partial charge in [0.1, 0.15) is 0 Å². The molecular weight excluding hydrogens is 394 g/mol. The molecule has 1 aliphatic carbocycles. The van der Waals surface area contributed by atoms with Crippen molar-refractivity contribution < 1.29 is 14.4 Å². The molecular formula is C20H25N3O3S2. The van der Waals surface area contributed by atoms with E-state index < -0.39 is 0 Å². The maximum Gasteiger partial charge on any atom is 0.279 e. The Morgan fingerprint density at radius 2 is 1.82 bits per heavy atom. The zero-order chi connectivity index (χ0) is 19.8. The van der Waals surface area contributed by atoms with E-state index in [1.165, 1.54) is 58.8 Å². The largest absolute Gasteiger partial charge is 0.352 e. The Morgan fingerprint density at radius 3 is 2.61 bits per heavy atom. The molecule has 1 aliphatic rings. The van der Waals surface area contributed by atoms with Crippen molar-refractivity contribution in [2.45, 2.75) is 51.4 Å². The molecule has 0 fully saturated rings. The lowest BCUT2D eigenvalue weighted by Crippen LogP contribution is -2.41. The second-order valence-electron chi connectivity index (χ2n) is 6.85. The number of rotatable bonds is 6. The van der Waals surface area contributed by atoms with E-state index in [0.717, 1.165) is 12.8 Å². The monoisotopic (exact) mass is 419 g/mol. The van der Waals surface area contributed by atoms with Crippen LogP contribution in [0.3, 0.4) is 0 Å². The number of amides is 3. The molecule has 3 rings (SSSR count). The van der Waals surface area contributed by atoms with Crippen LogP contribution in [0.2, 0.25) is 0 Å². The molecule has 0 spiro atoms. The number of nitrogens with one attached hydrogen (secondary N) is 3. The average molecular weight is 420 g/mol. The SMILES string of the molecule is O=C(CCCNC(=O)c1ccsc1)NNC(=O)c1cc2c(s1)CCCCCC2. The lowest BCUT2D eigenvalue weighted by molar-refractivity contribution is -0.121. The van der Waals surface area contributed by atoms with Crippen LogP contribution in [0.25, 0.3) is 0 Å². The maximum absolute atomic E-state index is 12.3. The van der Waals surface area contributed by atoms with E-state index >= 15 is 0 Å². The van der Waals surface area contributed by atoms with Crippen LogP contribution in [0.15, 0.2) is 22.9 Å². The normalized spacial score (nSPS) is 13.7. The number of thiophene rings is 2. The van der Waals surface area contributed by atoms with Crippen molar-refractivity contribution >= 4 is 40.4 Å². The van der Waals surface area contributed by atoms with Crippen LogP contribution in [0.1, 0.15) is 69.0 Å². The van der Waals surface area contributed by atoms with Gasteiger partial charge in [-0.05, 0) is 55.2 Å². The fourth-order valence-corrected chi connectivity index (χ4v) is 4.94. The molecule has 0 radical (unpaired) electrons. The minimum atomic E-state index is -0.270. The predicted molar refractivity (Wildman–Crippen MR) is 112 cm³/mol. The molecule has 0 saturated carbocycles. The number of hydrazine groups is 1. The average Bonchev–Trinajstić information content (AvgIpc) is 3.33. The molecule has 0 unspecified atom stereocenters. The summed E-state index contributed by atoms with van der Waals surface area (Å²) in [5.41, 5.74) is 6.87. The van der Waals surface area contributed by atoms with Crippen LogP contribution in [0.5, 0.6) is 0 Å². The lowest BCUT2D eigenvalue weighted by Gasteiger charge is -2.07. The highest BCUT2D eigenvalue weighted by atomic mass is 32.1. The molecule has 0 aliphatic heterocycles. The van der Waals surface area contributed by atoms with Crippen LogP contribution in [0, 0.1) is 0 Å². The van der Waals surface area contributed by atoms with Gasteiger partial charge in [-0.15, -0.1) is 11.3 Å². The van der Waals surface area contributed by atoms with E-state index in [1.54, 1.807) is 11.4 Å². The summed E-state index contributed by atoms with van der Waals surface area (Å²) in [7, 11) is 0. The van der Waals surface area contributed by atoms with E-state index in [1.807, 2.05) is 11.4 Å². The van der Waals surface area contributed by atoms with E-state index in [9.17, 15) is 14.4 Å². The molecule has 0 aromatic carbocycles. The summed E-state index contributed by atoms with van der Waals surface area (Å²) in [6, 6.07) is 3.72. The molecule has 0 bridgehead atoms. The van der Waals surface area contributed by atoms with Crippen LogP contribution >= 0.6 is 22.7 Å². The second-order valence-corrected chi connectivity index (χ2v) is 8.76. The molecule has 2 aromatic heterocycles. The topological polar surface area (TPSA) is 87.3 Å². The van der Waals surface area contributed by atoms with E-state index in [2.05, 4.69) is 16.2 Å². The third-order valence-electron chi connectivity index (χ3n) is 4.69. The molecule has 8 heteroatoms. The molecule has 150 valence electrons. The van der Waals surface area contributed by atoms with Gasteiger partial charge in [-0.1, -0.05) is 12.8 Å². The zero-order valence-electron chi connectivity index (χ0n) is 15.7. The fraction of sp³-hybridized carbons (Fsp3) is 0.450. The van der Waals surface area contributed by atoms with Crippen molar-refractivity contribution in [3.63, 3.8) is 0 Å². The number of hydrogen-bond donors (Lipinski definition) is 3. The number of fused-ring (bicyclic) bond motifs is 1. The van der Waals surface area contributed by atoms with Crippen LogP contribution in [-0.2, 0) is 17.6 Å². The minimum absolute atomic E-state index is 0.136. The number of aryl methyl sites for hydroxylation is 2. The molecule has 0 atom stereocenters. The van der Waals surface area contributed by atoms with Crippen molar-refractivity contribution in [2.24, 2.45) is 0 Å². The molecule has 3 amide bonds. The molecule has 6 nitrogen and oxygen atoms in total. The van der Waals surface area contributed by atoms with Gasteiger partial charge in [-0.25, -0.2) is 0 Å². The first-order valence-electron chi connectivity index (χ1n) is 9.64. The standard InChI is InChI=1S/C20H25N3O3S2/c24-18(8-5-10-21-19(25)15-9-11-27-13-15)22-23-20(26)17-12-14-6-3-1-2-4-7-16(14)28-17/h9,11-13H,1-8,10H2,(H,21,25)(H,22,24)(H,23,26). The first-order valence-corrected chi connectivity index (χ1v) is 11.4. The van der Waals surface area contributed by atoms with Gasteiger partial charge in [0.25, 0.3) is 11.8 Å². The molecule has 3 N–H and O–H groups in total. The highest BCUT2D eigenvalue weighted by molar-refractivity contribution is 7.14. The molecule has 28 heavy (non-hydrogen) atoms. The summed E-state index contributed by atoms with van der Waals surface area (Å²) in [5, 5.41) is 6.40. The summed E-state index contributed by atoms with van der Waals surface area (Å²) in [6.45, 7) is 0.410. The van der Waals surface area contributed by atoms with Crippen molar-refractivity contribution in [1.29, 1.82) is 0 Å². The minimum Gasteiger partial charge on any atom is -0.352 e. The van der Waals surface area contributed by atoms with E-state index in [-0.39, 0.29) is 24.1 Å². The summed E-state index contributed by atoms with van der Waals surface area (Å²) < 4.78 is 0. The third-order valence-corrected chi connectivity index (χ3v) is 6.60. The fourth-order valence-electron chi connectivity index (χ4n) is 3.15. The van der Waals surface area contributed by atoms with Gasteiger partial charge in [-0.2, -0.15) is 11.3 Å². The Kier molecular flexibility index (Phi) is 7.62. The van der Waals surface area contributed by atoms with Crippen LogP contribution < -0.4 is 16.2 Å². The second kappa shape index (κ2) is 10.4.